The first kappa shape index (κ1) is 31.7. The fourth-order valence-electron chi connectivity index (χ4n) is 7.59. The van der Waals surface area contributed by atoms with Crippen molar-refractivity contribution in [3.63, 3.8) is 0 Å². The molecule has 3 atom stereocenters. The largest absolute Gasteiger partial charge is 0.490 e. The van der Waals surface area contributed by atoms with Gasteiger partial charge < -0.3 is 20.7 Å². The molecule has 47 heavy (non-hydrogen) atoms. The van der Waals surface area contributed by atoms with Crippen LogP contribution in [0.3, 0.4) is 0 Å². The molecule has 1 saturated carbocycles. The van der Waals surface area contributed by atoms with E-state index in [4.69, 9.17) is 10.5 Å². The molecule has 3 fully saturated rings. The summed E-state index contributed by atoms with van der Waals surface area (Å²) >= 11 is 3.40. The van der Waals surface area contributed by atoms with Gasteiger partial charge in [-0.05, 0) is 109 Å². The molecular formula is C37H36BrF2N3O4. The summed E-state index contributed by atoms with van der Waals surface area (Å²) in [6.07, 6.45) is 6.86. The first-order valence-electron chi connectivity index (χ1n) is 16.3. The highest BCUT2D eigenvalue weighted by Crippen LogP contribution is 2.40. The van der Waals surface area contributed by atoms with Crippen LogP contribution in [0.25, 0.3) is 21.5 Å². The summed E-state index contributed by atoms with van der Waals surface area (Å²) < 4.78 is 40.1. The Morgan fingerprint density at radius 2 is 1.45 bits per heavy atom. The molecule has 7 nitrogen and oxygen atoms in total. The highest BCUT2D eigenvalue weighted by Gasteiger charge is 2.53. The summed E-state index contributed by atoms with van der Waals surface area (Å²) in [5.74, 6) is -6.27. The van der Waals surface area contributed by atoms with Crippen molar-refractivity contribution >= 4 is 55.1 Å². The van der Waals surface area contributed by atoms with Gasteiger partial charge in [0.1, 0.15) is 5.75 Å². The quantitative estimate of drug-likeness (QED) is 0.152. The fraction of sp³-hybridized carbons (Fsp3) is 0.378. The maximum atomic E-state index is 16.6. The second-order valence-electron chi connectivity index (χ2n) is 13.2. The summed E-state index contributed by atoms with van der Waals surface area (Å²) in [6.45, 7) is 0. The minimum Gasteiger partial charge on any atom is -0.490 e. The number of piperidine rings is 1. The van der Waals surface area contributed by atoms with E-state index in [2.05, 4.69) is 21.2 Å². The van der Waals surface area contributed by atoms with Crippen LogP contribution in [-0.2, 0) is 15.5 Å². The molecule has 7 rings (SSSR count). The van der Waals surface area contributed by atoms with E-state index in [1.807, 2.05) is 24.3 Å². The number of nitrogens with zero attached hydrogens (tertiary/aromatic N) is 1. The number of carbonyl (C=O) groups is 3. The summed E-state index contributed by atoms with van der Waals surface area (Å²) in [5.41, 5.74) is 5.80. The molecule has 244 valence electrons. The van der Waals surface area contributed by atoms with Gasteiger partial charge in [0.15, 0.2) is 6.04 Å². The maximum absolute atomic E-state index is 16.6. The van der Waals surface area contributed by atoms with Gasteiger partial charge in [-0.25, -0.2) is 0 Å². The molecule has 2 aliphatic heterocycles. The van der Waals surface area contributed by atoms with Crippen LogP contribution < -0.4 is 15.8 Å². The van der Waals surface area contributed by atoms with E-state index < -0.39 is 35.1 Å². The average molecular weight is 705 g/mol. The van der Waals surface area contributed by atoms with E-state index in [-0.39, 0.29) is 29.8 Å². The third-order valence-electron chi connectivity index (χ3n) is 9.98. The monoisotopic (exact) mass is 703 g/mol. The topological polar surface area (TPSA) is 102 Å². The number of ketones is 1. The number of nitrogens with two attached hydrogens (primary N) is 1. The molecule has 1 aliphatic carbocycles. The lowest BCUT2D eigenvalue weighted by atomic mass is 9.93. The Hall–Kier alpha value is -3.89. The summed E-state index contributed by atoms with van der Waals surface area (Å²) in [5, 5.41) is 5.00. The number of nitrogens with one attached hydrogen (secondary N) is 1. The standard InChI is InChI=1S/C37H36BrF2N3O4/c38-27-11-8-22-16-26(10-7-23(22)17-27)37(39,40)34(36(46)43-29-12-13-30(43)20-28(41)19-29)42-35(45)33(44)25-6-5-24-18-32(14-9-21(24)15-25)47-31-3-1-2-4-31/h5-11,14-18,28-31,34H,1-4,12-13,19-20,41H2,(H,42,45). The van der Waals surface area contributed by atoms with Gasteiger partial charge in [-0.15, -0.1) is 0 Å². The van der Waals surface area contributed by atoms with Crippen LogP contribution in [0.15, 0.2) is 77.3 Å². The normalized spacial score (nSPS) is 22.0. The number of ether oxygens (including phenoxy) is 1. The number of amides is 2. The van der Waals surface area contributed by atoms with Gasteiger partial charge in [-0.2, -0.15) is 8.78 Å². The molecule has 3 N–H and O–H groups in total. The van der Waals surface area contributed by atoms with Crippen LogP contribution >= 0.6 is 15.9 Å². The van der Waals surface area contributed by atoms with E-state index in [1.54, 1.807) is 30.3 Å². The van der Waals surface area contributed by atoms with Crippen LogP contribution in [0.5, 0.6) is 5.75 Å². The number of hydrogen-bond acceptors (Lipinski definition) is 5. The molecule has 3 unspecified atom stereocenters. The molecule has 2 heterocycles. The second-order valence-corrected chi connectivity index (χ2v) is 14.1. The van der Waals surface area contributed by atoms with Crippen LogP contribution in [-0.4, -0.2) is 52.8 Å². The van der Waals surface area contributed by atoms with Gasteiger partial charge in [-0.3, -0.25) is 14.4 Å². The van der Waals surface area contributed by atoms with Crippen molar-refractivity contribution in [2.45, 2.75) is 87.6 Å². The lowest BCUT2D eigenvalue weighted by Gasteiger charge is -2.41. The number of Topliss-reactive ketones (excluding diaryl/α,β-unsaturated/α-hetero) is 1. The van der Waals surface area contributed by atoms with Crippen LogP contribution in [0, 0.1) is 0 Å². The molecule has 2 saturated heterocycles. The Balaban J connectivity index is 1.17. The summed E-state index contributed by atoms with van der Waals surface area (Å²) in [6, 6.07) is 16.7. The second kappa shape index (κ2) is 12.6. The Bertz CT molecular complexity index is 1860. The van der Waals surface area contributed by atoms with Crippen LogP contribution in [0.1, 0.15) is 67.3 Å². The van der Waals surface area contributed by atoms with Crippen molar-refractivity contribution in [2.75, 3.05) is 0 Å². The van der Waals surface area contributed by atoms with E-state index >= 15 is 8.78 Å². The van der Waals surface area contributed by atoms with E-state index in [1.165, 1.54) is 23.1 Å². The zero-order valence-corrected chi connectivity index (χ0v) is 27.3. The molecule has 2 bridgehead atoms. The number of rotatable bonds is 8. The first-order valence-corrected chi connectivity index (χ1v) is 17.1. The van der Waals surface area contributed by atoms with Crippen LogP contribution in [0.4, 0.5) is 8.78 Å². The lowest BCUT2D eigenvalue weighted by Crippen LogP contribution is -2.61. The smallest absolute Gasteiger partial charge is 0.302 e. The number of halogens is 3. The predicted molar refractivity (Wildman–Crippen MR) is 180 cm³/mol. The molecule has 0 aromatic heterocycles. The molecule has 4 aromatic carbocycles. The molecule has 3 aliphatic rings. The van der Waals surface area contributed by atoms with E-state index in [0.717, 1.165) is 46.7 Å². The highest BCUT2D eigenvalue weighted by atomic mass is 79.9. The number of carbonyl (C=O) groups excluding carboxylic acids is 3. The number of alkyl halides is 2. The van der Waals surface area contributed by atoms with Gasteiger partial charge in [0.2, 0.25) is 5.78 Å². The molecular weight excluding hydrogens is 668 g/mol. The SMILES string of the molecule is NC1CC2CCC(C1)N2C(=O)C(NC(=O)C(=O)c1ccc2cc(OC3CCCC3)ccc2c1)C(F)(F)c1ccc2cc(Br)ccc2c1. The zero-order chi connectivity index (χ0) is 32.9. The van der Waals surface area contributed by atoms with Crippen molar-refractivity contribution in [2.24, 2.45) is 5.73 Å². The van der Waals surface area contributed by atoms with Gasteiger partial charge in [0.05, 0.1) is 6.10 Å². The van der Waals surface area contributed by atoms with Crippen molar-refractivity contribution < 1.29 is 27.9 Å². The summed E-state index contributed by atoms with van der Waals surface area (Å²) in [4.78, 5) is 42.5. The minimum absolute atomic E-state index is 0.0364. The minimum atomic E-state index is -3.83. The fourth-order valence-corrected chi connectivity index (χ4v) is 7.97. The van der Waals surface area contributed by atoms with Crippen molar-refractivity contribution in [1.29, 1.82) is 0 Å². The van der Waals surface area contributed by atoms with E-state index in [0.29, 0.717) is 36.5 Å². The Labute approximate surface area is 279 Å². The predicted octanol–water partition coefficient (Wildman–Crippen LogP) is 7.02. The molecule has 0 spiro atoms. The van der Waals surface area contributed by atoms with Gasteiger partial charge in [-0.1, -0.05) is 52.3 Å². The zero-order valence-electron chi connectivity index (χ0n) is 25.8. The molecule has 4 aromatic rings. The van der Waals surface area contributed by atoms with Crippen LogP contribution in [0.2, 0.25) is 0 Å². The number of hydrogen-bond donors (Lipinski definition) is 2. The van der Waals surface area contributed by atoms with Gasteiger partial charge in [0.25, 0.3) is 11.8 Å². The number of benzene rings is 4. The Kier molecular flexibility index (Phi) is 8.51. The molecule has 10 heteroatoms. The third-order valence-corrected chi connectivity index (χ3v) is 10.5. The van der Waals surface area contributed by atoms with Gasteiger partial charge >= 0.3 is 5.92 Å². The third kappa shape index (κ3) is 6.25. The highest BCUT2D eigenvalue weighted by molar-refractivity contribution is 9.10. The average Bonchev–Trinajstić information content (AvgIpc) is 3.67. The van der Waals surface area contributed by atoms with Crippen molar-refractivity contribution in [3.8, 4) is 5.75 Å². The van der Waals surface area contributed by atoms with Crippen molar-refractivity contribution in [3.05, 3.63) is 88.4 Å². The summed E-state index contributed by atoms with van der Waals surface area (Å²) in [7, 11) is 0. The maximum Gasteiger partial charge on any atom is 0.302 e. The van der Waals surface area contributed by atoms with E-state index in [9.17, 15) is 14.4 Å². The number of fused-ring (bicyclic) bond motifs is 4. The van der Waals surface area contributed by atoms with Crippen molar-refractivity contribution in [1.82, 2.24) is 10.2 Å². The molecule has 0 radical (unpaired) electrons. The Morgan fingerprint density at radius 1 is 0.830 bits per heavy atom. The lowest BCUT2D eigenvalue weighted by molar-refractivity contribution is -0.152. The van der Waals surface area contributed by atoms with Gasteiger partial charge in [0, 0.05) is 33.7 Å². The first-order chi connectivity index (χ1) is 22.6. The Morgan fingerprint density at radius 3 is 2.19 bits per heavy atom. The molecule has 2 amide bonds.